The van der Waals surface area contributed by atoms with Crippen molar-refractivity contribution in [3.05, 3.63) is 83.4 Å². The molecule has 1 spiro atoms. The molecule has 2 aromatic rings. The first-order valence-electron chi connectivity index (χ1n) is 14.1. The molecule has 1 amide bonds. The van der Waals surface area contributed by atoms with Crippen molar-refractivity contribution in [3.63, 3.8) is 0 Å². The molecule has 2 aromatic carbocycles. The van der Waals surface area contributed by atoms with Crippen molar-refractivity contribution < 1.29 is 33.6 Å². The van der Waals surface area contributed by atoms with Gasteiger partial charge >= 0.3 is 6.09 Å². The summed E-state index contributed by atoms with van der Waals surface area (Å²) in [7, 11) is 0. The summed E-state index contributed by atoms with van der Waals surface area (Å²) >= 11 is 0. The smallest absolute Gasteiger partial charge is 0.407 e. The Morgan fingerprint density at radius 1 is 1.05 bits per heavy atom. The van der Waals surface area contributed by atoms with Crippen LogP contribution >= 0.6 is 0 Å². The van der Waals surface area contributed by atoms with Crippen LogP contribution in [-0.4, -0.2) is 67.4 Å². The Bertz CT molecular complexity index is 1110. The highest BCUT2D eigenvalue weighted by molar-refractivity contribution is 5.67. The molecule has 0 saturated carbocycles. The lowest BCUT2D eigenvalue weighted by molar-refractivity contribution is -0.278. The number of rotatable bonds is 9. The number of nitrogens with zero attached hydrogens (tertiary/aromatic N) is 1. The number of hydrogen-bond acceptors (Lipinski definition) is 8. The maximum atomic E-state index is 11.8. The fourth-order valence-corrected chi connectivity index (χ4v) is 5.60. The highest BCUT2D eigenvalue weighted by atomic mass is 16.7. The Morgan fingerprint density at radius 3 is 2.35 bits per heavy atom. The molecule has 9 heteroatoms. The third kappa shape index (κ3) is 6.91. The highest BCUT2D eigenvalue weighted by Crippen LogP contribution is 2.42. The molecule has 3 aliphatic rings. The molecule has 3 saturated heterocycles. The maximum absolute atomic E-state index is 11.8. The standard InChI is InChI=1S/C31H40N2O7/c1-3-16-36-30(35)32-19-23-4-10-26(11-5-23)29-39-27(20-33-14-12-31(13-15-33)37-17-18-38-31)22(2)28(40-29)25-8-6-24(21-34)7-9-25/h3-11,22,27-29,34H,1,12-21H2,2H3,(H,32,35). The van der Waals surface area contributed by atoms with Crippen LogP contribution in [-0.2, 0) is 36.8 Å². The average molecular weight is 553 g/mol. The van der Waals surface area contributed by atoms with Crippen molar-refractivity contribution in [1.29, 1.82) is 0 Å². The van der Waals surface area contributed by atoms with E-state index in [0.29, 0.717) is 19.8 Å². The maximum Gasteiger partial charge on any atom is 0.407 e. The van der Waals surface area contributed by atoms with Gasteiger partial charge in [0.1, 0.15) is 6.61 Å². The summed E-state index contributed by atoms with van der Waals surface area (Å²) in [5.41, 5.74) is 3.78. The summed E-state index contributed by atoms with van der Waals surface area (Å²) in [6.45, 7) is 10.2. The lowest BCUT2D eigenvalue weighted by atomic mass is 9.89. The van der Waals surface area contributed by atoms with Crippen LogP contribution in [0, 0.1) is 5.92 Å². The molecule has 0 aromatic heterocycles. The molecule has 5 rings (SSSR count). The molecular formula is C31H40N2O7. The van der Waals surface area contributed by atoms with Crippen LogP contribution < -0.4 is 5.32 Å². The minimum absolute atomic E-state index is 0.00673. The largest absolute Gasteiger partial charge is 0.445 e. The lowest BCUT2D eigenvalue weighted by Crippen LogP contribution is -2.50. The second kappa shape index (κ2) is 13.2. The summed E-state index contributed by atoms with van der Waals surface area (Å²) in [5.74, 6) is -0.298. The topological polar surface area (TPSA) is 98.7 Å². The number of amides is 1. The number of carbonyl (C=O) groups is 1. The van der Waals surface area contributed by atoms with Crippen molar-refractivity contribution in [1.82, 2.24) is 10.2 Å². The molecular weight excluding hydrogens is 512 g/mol. The lowest BCUT2D eigenvalue weighted by Gasteiger charge is -2.44. The Hall–Kier alpha value is -2.79. The Labute approximate surface area is 236 Å². The Kier molecular flexibility index (Phi) is 9.52. The van der Waals surface area contributed by atoms with Gasteiger partial charge in [-0.15, -0.1) is 0 Å². The van der Waals surface area contributed by atoms with E-state index in [1.165, 1.54) is 6.08 Å². The van der Waals surface area contributed by atoms with Gasteiger partial charge in [0.05, 0.1) is 32.0 Å². The first-order chi connectivity index (χ1) is 19.5. The molecule has 0 radical (unpaired) electrons. The zero-order chi connectivity index (χ0) is 28.0. The molecule has 40 heavy (non-hydrogen) atoms. The Balaban J connectivity index is 1.28. The molecule has 2 N–H and O–H groups in total. The monoisotopic (exact) mass is 552 g/mol. The number of piperidine rings is 1. The van der Waals surface area contributed by atoms with E-state index in [9.17, 15) is 9.90 Å². The molecule has 216 valence electrons. The molecule has 0 bridgehead atoms. The molecule has 0 aliphatic carbocycles. The molecule has 3 fully saturated rings. The fourth-order valence-electron chi connectivity index (χ4n) is 5.60. The van der Waals surface area contributed by atoms with E-state index in [1.54, 1.807) is 0 Å². The van der Waals surface area contributed by atoms with Crippen LogP contribution in [0.4, 0.5) is 4.79 Å². The Morgan fingerprint density at radius 2 is 1.70 bits per heavy atom. The summed E-state index contributed by atoms with van der Waals surface area (Å²) in [4.78, 5) is 14.2. The van der Waals surface area contributed by atoms with E-state index >= 15 is 0 Å². The van der Waals surface area contributed by atoms with Crippen molar-refractivity contribution in [2.24, 2.45) is 5.92 Å². The zero-order valence-corrected chi connectivity index (χ0v) is 23.1. The average Bonchev–Trinajstić information content (AvgIpc) is 3.45. The van der Waals surface area contributed by atoms with E-state index in [-0.39, 0.29) is 31.3 Å². The van der Waals surface area contributed by atoms with Gasteiger partial charge < -0.3 is 39.0 Å². The van der Waals surface area contributed by atoms with Crippen molar-refractivity contribution >= 4 is 6.09 Å². The number of alkyl carbamates (subject to hydrolysis) is 1. The van der Waals surface area contributed by atoms with E-state index in [2.05, 4.69) is 23.7 Å². The van der Waals surface area contributed by atoms with Crippen LogP contribution in [0.25, 0.3) is 0 Å². The van der Waals surface area contributed by atoms with Gasteiger partial charge in [0.15, 0.2) is 12.1 Å². The summed E-state index contributed by atoms with van der Waals surface area (Å²) in [6, 6.07) is 15.8. The van der Waals surface area contributed by atoms with E-state index in [1.807, 2.05) is 48.5 Å². The minimum Gasteiger partial charge on any atom is -0.445 e. The number of ether oxygens (including phenoxy) is 5. The van der Waals surface area contributed by atoms with Gasteiger partial charge in [-0.2, -0.15) is 0 Å². The van der Waals surface area contributed by atoms with Gasteiger partial charge in [-0.05, 0) is 16.7 Å². The van der Waals surface area contributed by atoms with E-state index in [0.717, 1.165) is 54.7 Å². The quantitative estimate of drug-likeness (QED) is 0.447. The second-order valence-corrected chi connectivity index (χ2v) is 10.7. The molecule has 9 nitrogen and oxygen atoms in total. The number of aliphatic hydroxyl groups is 1. The second-order valence-electron chi connectivity index (χ2n) is 10.7. The van der Waals surface area contributed by atoms with Crippen LogP contribution in [0.1, 0.15) is 54.4 Å². The van der Waals surface area contributed by atoms with Gasteiger partial charge in [0.25, 0.3) is 0 Å². The van der Waals surface area contributed by atoms with Gasteiger partial charge in [-0.3, -0.25) is 0 Å². The van der Waals surface area contributed by atoms with Gasteiger partial charge in [-0.1, -0.05) is 68.1 Å². The van der Waals surface area contributed by atoms with Crippen LogP contribution in [0.3, 0.4) is 0 Å². The predicted molar refractivity (Wildman–Crippen MR) is 148 cm³/mol. The highest BCUT2D eigenvalue weighted by Gasteiger charge is 2.43. The molecule has 3 aliphatic heterocycles. The van der Waals surface area contributed by atoms with Crippen molar-refractivity contribution in [2.75, 3.05) is 39.5 Å². The summed E-state index contributed by atoms with van der Waals surface area (Å²) < 4.78 is 30.0. The zero-order valence-electron chi connectivity index (χ0n) is 23.1. The van der Waals surface area contributed by atoms with E-state index in [4.69, 9.17) is 23.7 Å². The molecule has 4 unspecified atom stereocenters. The van der Waals surface area contributed by atoms with Gasteiger partial charge in [-0.25, -0.2) is 4.79 Å². The van der Waals surface area contributed by atoms with Crippen molar-refractivity contribution in [3.8, 4) is 0 Å². The number of nitrogens with one attached hydrogen (secondary N) is 1. The summed E-state index contributed by atoms with van der Waals surface area (Å²) in [6.07, 6.45) is 2.00. The fraction of sp³-hybridized carbons (Fsp3) is 0.516. The van der Waals surface area contributed by atoms with Crippen LogP contribution in [0.2, 0.25) is 0 Å². The molecule has 3 heterocycles. The third-order valence-corrected chi connectivity index (χ3v) is 8.01. The number of likely N-dealkylation sites (tertiary alicyclic amines) is 1. The normalized spacial score (nSPS) is 26.4. The van der Waals surface area contributed by atoms with Crippen LogP contribution in [0.5, 0.6) is 0 Å². The predicted octanol–water partition coefficient (Wildman–Crippen LogP) is 4.22. The SMILES string of the molecule is C=CCOC(=O)NCc1ccc(C2OC(CN3CCC4(CC3)OCCO4)C(C)C(c3ccc(CO)cc3)O2)cc1. The number of carbonyl (C=O) groups excluding carboxylic acids is 1. The first-order valence-corrected chi connectivity index (χ1v) is 14.1. The van der Waals surface area contributed by atoms with Gasteiger partial charge in [0, 0.05) is 50.5 Å². The minimum atomic E-state index is -0.541. The van der Waals surface area contributed by atoms with E-state index < -0.39 is 18.2 Å². The third-order valence-electron chi connectivity index (χ3n) is 8.01. The van der Waals surface area contributed by atoms with Crippen molar-refractivity contribution in [2.45, 2.75) is 57.2 Å². The molecule has 4 atom stereocenters. The number of benzene rings is 2. The first kappa shape index (κ1) is 28.7. The summed E-state index contributed by atoms with van der Waals surface area (Å²) in [5, 5.41) is 12.2. The van der Waals surface area contributed by atoms with Gasteiger partial charge in [0.2, 0.25) is 0 Å². The number of hydrogen-bond donors (Lipinski definition) is 2. The van der Waals surface area contributed by atoms with Crippen LogP contribution in [0.15, 0.2) is 61.2 Å². The number of aliphatic hydroxyl groups excluding tert-OH is 1.